The Morgan fingerprint density at radius 2 is 2.04 bits per heavy atom. The maximum atomic E-state index is 12.9. The topological polar surface area (TPSA) is 66.1 Å². The second-order valence-corrected chi connectivity index (χ2v) is 8.53. The van der Waals surface area contributed by atoms with Crippen LogP contribution < -0.4 is 0 Å². The quantitative estimate of drug-likeness (QED) is 0.904. The highest BCUT2D eigenvalue weighted by molar-refractivity contribution is 7.86. The van der Waals surface area contributed by atoms with Crippen molar-refractivity contribution >= 4 is 28.3 Å². The van der Waals surface area contributed by atoms with E-state index in [9.17, 15) is 9.00 Å². The van der Waals surface area contributed by atoms with E-state index in [4.69, 9.17) is 11.6 Å². The number of aromatic amines is 1. The van der Waals surface area contributed by atoms with Crippen LogP contribution in [0.3, 0.4) is 0 Å². The van der Waals surface area contributed by atoms with Gasteiger partial charge in [0.1, 0.15) is 0 Å². The molecule has 5 nitrogen and oxygen atoms in total. The van der Waals surface area contributed by atoms with E-state index < -0.39 is 10.8 Å². The van der Waals surface area contributed by atoms with Crippen molar-refractivity contribution < 1.29 is 9.00 Å². The van der Waals surface area contributed by atoms with Crippen molar-refractivity contribution in [2.24, 2.45) is 0 Å². The number of hydrogen-bond donors (Lipinski definition) is 1. The van der Waals surface area contributed by atoms with Gasteiger partial charge in [0.25, 0.3) is 5.91 Å². The number of amides is 1. The van der Waals surface area contributed by atoms with E-state index in [1.54, 1.807) is 23.2 Å². The van der Waals surface area contributed by atoms with Gasteiger partial charge in [-0.05, 0) is 26.0 Å². The first kappa shape index (κ1) is 16.2. The molecule has 2 unspecified atom stereocenters. The van der Waals surface area contributed by atoms with Gasteiger partial charge in [0.15, 0.2) is 0 Å². The van der Waals surface area contributed by atoms with Crippen molar-refractivity contribution in [2.45, 2.75) is 24.3 Å². The lowest BCUT2D eigenvalue weighted by Gasteiger charge is -2.34. The highest BCUT2D eigenvalue weighted by Crippen LogP contribution is 2.26. The number of rotatable bonds is 2. The Bertz CT molecular complexity index is 747. The number of benzene rings is 1. The van der Waals surface area contributed by atoms with Crippen LogP contribution in [0.5, 0.6) is 0 Å². The molecule has 122 valence electrons. The normalized spacial score (nSPS) is 24.7. The fourth-order valence-corrected chi connectivity index (χ4v) is 4.52. The first-order chi connectivity index (χ1) is 11.0. The van der Waals surface area contributed by atoms with Crippen molar-refractivity contribution in [3.05, 3.63) is 41.0 Å². The minimum absolute atomic E-state index is 0.0239. The molecule has 3 rings (SSSR count). The summed E-state index contributed by atoms with van der Waals surface area (Å²) < 4.78 is 12.0. The van der Waals surface area contributed by atoms with Gasteiger partial charge in [-0.3, -0.25) is 14.1 Å². The summed E-state index contributed by atoms with van der Waals surface area (Å²) in [7, 11) is -0.893. The molecular formula is C16H18ClN3O2S. The number of carbonyl (C=O) groups is 1. The maximum absolute atomic E-state index is 12.9. The second-order valence-electron chi connectivity index (χ2n) is 5.83. The summed E-state index contributed by atoms with van der Waals surface area (Å²) in [6.45, 7) is 4.82. The number of H-pyrrole nitrogens is 1. The van der Waals surface area contributed by atoms with E-state index in [2.05, 4.69) is 10.2 Å². The molecule has 23 heavy (non-hydrogen) atoms. The van der Waals surface area contributed by atoms with Gasteiger partial charge in [-0.25, -0.2) is 0 Å². The lowest BCUT2D eigenvalue weighted by molar-refractivity contribution is 0.0752. The van der Waals surface area contributed by atoms with Crippen LogP contribution in [0, 0.1) is 0 Å². The van der Waals surface area contributed by atoms with E-state index >= 15 is 0 Å². The van der Waals surface area contributed by atoms with Gasteiger partial charge >= 0.3 is 0 Å². The van der Waals surface area contributed by atoms with E-state index in [1.807, 2.05) is 26.0 Å². The zero-order valence-electron chi connectivity index (χ0n) is 13.0. The highest BCUT2D eigenvalue weighted by atomic mass is 35.5. The summed E-state index contributed by atoms with van der Waals surface area (Å²) >= 11 is 6.03. The fourth-order valence-electron chi connectivity index (χ4n) is 2.89. The number of carbonyl (C=O) groups excluding carboxylic acids is 1. The number of nitrogens with zero attached hydrogens (tertiary/aromatic N) is 2. The molecule has 1 aliphatic rings. The average molecular weight is 352 g/mol. The summed E-state index contributed by atoms with van der Waals surface area (Å²) in [4.78, 5) is 14.6. The molecule has 0 bridgehead atoms. The Balaban J connectivity index is 1.90. The zero-order valence-corrected chi connectivity index (χ0v) is 14.5. The van der Waals surface area contributed by atoms with Gasteiger partial charge in [-0.15, -0.1) is 0 Å². The lowest BCUT2D eigenvalue weighted by atomic mass is 10.1. The minimum Gasteiger partial charge on any atom is -0.336 e. The average Bonchev–Trinajstić information content (AvgIpc) is 3.01. The zero-order chi connectivity index (χ0) is 16.6. The van der Waals surface area contributed by atoms with Crippen molar-refractivity contribution in [3.63, 3.8) is 0 Å². The van der Waals surface area contributed by atoms with E-state index in [0.717, 1.165) is 5.56 Å². The number of hydrogen-bond acceptors (Lipinski definition) is 3. The maximum Gasteiger partial charge on any atom is 0.257 e. The molecular weight excluding hydrogens is 334 g/mol. The molecule has 1 aromatic heterocycles. The minimum atomic E-state index is -0.893. The molecule has 1 aromatic carbocycles. The van der Waals surface area contributed by atoms with Gasteiger partial charge in [0, 0.05) is 45.0 Å². The Morgan fingerprint density at radius 3 is 2.70 bits per heavy atom. The summed E-state index contributed by atoms with van der Waals surface area (Å²) in [6.07, 6.45) is 1.54. The predicted molar refractivity (Wildman–Crippen MR) is 92.0 cm³/mol. The third kappa shape index (κ3) is 3.19. The summed E-state index contributed by atoms with van der Waals surface area (Å²) in [6, 6.07) is 7.29. The first-order valence-electron chi connectivity index (χ1n) is 7.45. The summed E-state index contributed by atoms with van der Waals surface area (Å²) in [5.41, 5.74) is 1.99. The largest absolute Gasteiger partial charge is 0.336 e. The van der Waals surface area contributed by atoms with E-state index in [-0.39, 0.29) is 16.4 Å². The van der Waals surface area contributed by atoms with Gasteiger partial charge < -0.3 is 4.90 Å². The monoisotopic (exact) mass is 351 g/mol. The SMILES string of the molecule is CC1CN(C(=O)c2cn[nH]c2-c2cccc(Cl)c2)CC(C)S1=O. The molecule has 0 aliphatic carbocycles. The van der Waals surface area contributed by atoms with Gasteiger partial charge in [-0.2, -0.15) is 5.10 Å². The predicted octanol–water partition coefficient (Wildman–Crippen LogP) is 2.71. The lowest BCUT2D eigenvalue weighted by Crippen LogP contribution is -2.49. The van der Waals surface area contributed by atoms with Crippen LogP contribution in [0.2, 0.25) is 5.02 Å². The van der Waals surface area contributed by atoms with E-state index in [1.165, 1.54) is 0 Å². The molecule has 7 heteroatoms. The molecule has 2 aromatic rings. The Morgan fingerprint density at radius 1 is 1.35 bits per heavy atom. The van der Waals surface area contributed by atoms with Crippen LogP contribution in [-0.4, -0.2) is 48.8 Å². The van der Waals surface area contributed by atoms with Crippen LogP contribution >= 0.6 is 11.6 Å². The Kier molecular flexibility index (Phi) is 4.55. The Hall–Kier alpha value is -1.66. The molecule has 2 atom stereocenters. The standard InChI is InChI=1S/C16H18ClN3O2S/c1-10-8-20(9-11(2)23(10)22)16(21)14-7-18-19-15(14)12-4-3-5-13(17)6-12/h3-7,10-11H,8-9H2,1-2H3,(H,18,19). The Labute approximate surface area is 142 Å². The molecule has 1 saturated heterocycles. The van der Waals surface area contributed by atoms with Crippen LogP contribution in [0.4, 0.5) is 0 Å². The van der Waals surface area contributed by atoms with Gasteiger partial charge in [-0.1, -0.05) is 23.7 Å². The second kappa shape index (κ2) is 6.45. The van der Waals surface area contributed by atoms with Crippen LogP contribution in [0.1, 0.15) is 24.2 Å². The van der Waals surface area contributed by atoms with Crippen molar-refractivity contribution in [1.82, 2.24) is 15.1 Å². The molecule has 2 heterocycles. The first-order valence-corrected chi connectivity index (χ1v) is 9.10. The number of nitrogens with one attached hydrogen (secondary N) is 1. The van der Waals surface area contributed by atoms with Gasteiger partial charge in [0.2, 0.25) is 0 Å². The molecule has 1 aliphatic heterocycles. The fraction of sp³-hybridized carbons (Fsp3) is 0.375. The van der Waals surface area contributed by atoms with Crippen molar-refractivity contribution in [3.8, 4) is 11.3 Å². The third-order valence-electron chi connectivity index (χ3n) is 4.02. The van der Waals surface area contributed by atoms with Gasteiger partial charge in [0.05, 0.1) is 17.5 Å². The van der Waals surface area contributed by atoms with Crippen LogP contribution in [0.25, 0.3) is 11.3 Å². The van der Waals surface area contributed by atoms with Crippen LogP contribution in [0.15, 0.2) is 30.5 Å². The highest BCUT2D eigenvalue weighted by Gasteiger charge is 2.32. The van der Waals surface area contributed by atoms with Crippen LogP contribution in [-0.2, 0) is 10.8 Å². The van der Waals surface area contributed by atoms with Crippen molar-refractivity contribution in [2.75, 3.05) is 13.1 Å². The smallest absolute Gasteiger partial charge is 0.257 e. The molecule has 0 spiro atoms. The summed E-state index contributed by atoms with van der Waals surface area (Å²) in [5.74, 6) is -0.0934. The molecule has 0 radical (unpaired) electrons. The molecule has 1 amide bonds. The molecule has 1 fully saturated rings. The van der Waals surface area contributed by atoms with E-state index in [0.29, 0.717) is 29.4 Å². The molecule has 0 saturated carbocycles. The molecule has 1 N–H and O–H groups in total. The summed E-state index contributed by atoms with van der Waals surface area (Å²) in [5, 5.41) is 7.46. The number of halogens is 1. The third-order valence-corrected chi connectivity index (χ3v) is 6.14. The number of aromatic nitrogens is 2. The van der Waals surface area contributed by atoms with Crippen molar-refractivity contribution in [1.29, 1.82) is 0 Å².